The molecule has 3 fully saturated rings. The Bertz CT molecular complexity index is 586. The lowest BCUT2D eigenvalue weighted by molar-refractivity contribution is -0.134. The molecule has 0 aliphatic heterocycles. The fraction of sp³-hybridized carbons (Fsp3) is 0.750. The molecule has 4 aliphatic carbocycles. The van der Waals surface area contributed by atoms with Crippen molar-refractivity contribution in [3.05, 3.63) is 11.6 Å². The standard InChI is InChI=1S/C18H24O2.C2H4O2/c1-18-9-8-14-13-5-3-12(19)10-11(13)2-4-15(14)16(18)6-7-17(18)20;1-2(3)4/h10,13-16H,2-9H2,1H3;1H3,(H,3,4)/t13?,14?,15?,16?,18-;/m0./s1. The monoisotopic (exact) mass is 332 g/mol. The summed E-state index contributed by atoms with van der Waals surface area (Å²) in [6.07, 6.45) is 10.3. The van der Waals surface area contributed by atoms with Crippen molar-refractivity contribution < 1.29 is 19.5 Å². The maximum atomic E-state index is 12.3. The van der Waals surface area contributed by atoms with Crippen molar-refractivity contribution in [3.63, 3.8) is 0 Å². The van der Waals surface area contributed by atoms with Crippen LogP contribution in [0.5, 0.6) is 0 Å². The molecule has 0 aromatic carbocycles. The minimum Gasteiger partial charge on any atom is -0.481 e. The van der Waals surface area contributed by atoms with Crippen molar-refractivity contribution >= 4 is 17.5 Å². The molecular formula is C20H28O4. The Morgan fingerprint density at radius 1 is 1.08 bits per heavy atom. The number of Topliss-reactive ketones (excluding diaryl/α,β-unsaturated/α-hetero) is 1. The smallest absolute Gasteiger partial charge is 0.300 e. The van der Waals surface area contributed by atoms with Gasteiger partial charge in [-0.3, -0.25) is 14.4 Å². The van der Waals surface area contributed by atoms with Crippen LogP contribution in [-0.2, 0) is 14.4 Å². The van der Waals surface area contributed by atoms with Crippen LogP contribution in [0, 0.1) is 29.1 Å². The van der Waals surface area contributed by atoms with E-state index in [1.807, 2.05) is 6.08 Å². The number of fused-ring (bicyclic) bond motifs is 5. The Labute approximate surface area is 143 Å². The molecule has 1 N–H and O–H groups in total. The first kappa shape index (κ1) is 17.4. The number of carboxylic acid groups (broad SMARTS) is 1. The van der Waals surface area contributed by atoms with Gasteiger partial charge in [0, 0.05) is 25.2 Å². The van der Waals surface area contributed by atoms with Crippen molar-refractivity contribution in [2.24, 2.45) is 29.1 Å². The van der Waals surface area contributed by atoms with Crippen LogP contribution in [-0.4, -0.2) is 22.6 Å². The molecule has 0 spiro atoms. The predicted molar refractivity (Wildman–Crippen MR) is 90.4 cm³/mol. The minimum absolute atomic E-state index is 0.00707. The Balaban J connectivity index is 0.000000383. The normalized spacial score (nSPS) is 40.5. The molecular weight excluding hydrogens is 304 g/mol. The van der Waals surface area contributed by atoms with E-state index < -0.39 is 5.97 Å². The molecule has 0 amide bonds. The fourth-order valence-corrected chi connectivity index (χ4v) is 5.95. The van der Waals surface area contributed by atoms with Crippen LogP contribution in [0.4, 0.5) is 0 Å². The quantitative estimate of drug-likeness (QED) is 0.732. The number of carbonyl (C=O) groups is 3. The van der Waals surface area contributed by atoms with E-state index in [-0.39, 0.29) is 5.41 Å². The summed E-state index contributed by atoms with van der Waals surface area (Å²) in [5.41, 5.74) is 1.43. The van der Waals surface area contributed by atoms with Crippen molar-refractivity contribution in [3.8, 4) is 0 Å². The third kappa shape index (κ3) is 2.96. The summed E-state index contributed by atoms with van der Waals surface area (Å²) >= 11 is 0. The summed E-state index contributed by atoms with van der Waals surface area (Å²) in [4.78, 5) is 32.9. The SMILES string of the molecule is CC(=O)O.C[C@]12CCC3C4CCC(=O)C=C4CCC3C1CCC2=O. The number of hydrogen-bond donors (Lipinski definition) is 1. The minimum atomic E-state index is -0.833. The number of aliphatic carboxylic acids is 1. The first-order chi connectivity index (χ1) is 11.3. The van der Waals surface area contributed by atoms with Crippen molar-refractivity contribution in [1.82, 2.24) is 0 Å². The van der Waals surface area contributed by atoms with Gasteiger partial charge < -0.3 is 5.11 Å². The molecule has 4 nitrogen and oxygen atoms in total. The zero-order valence-corrected chi connectivity index (χ0v) is 14.7. The summed E-state index contributed by atoms with van der Waals surface area (Å²) in [6, 6.07) is 0. The second-order valence-electron chi connectivity index (χ2n) is 8.24. The number of carbonyl (C=O) groups excluding carboxylic acids is 2. The molecule has 0 aromatic rings. The number of ketones is 2. The topological polar surface area (TPSA) is 71.4 Å². The molecule has 0 saturated heterocycles. The molecule has 5 atom stereocenters. The molecule has 4 rings (SSSR count). The van der Waals surface area contributed by atoms with Crippen LogP contribution in [0.15, 0.2) is 11.6 Å². The van der Waals surface area contributed by atoms with Gasteiger partial charge in [0.15, 0.2) is 5.78 Å². The molecule has 3 saturated carbocycles. The second kappa shape index (κ2) is 6.45. The van der Waals surface area contributed by atoms with Gasteiger partial charge in [-0.05, 0) is 68.3 Å². The van der Waals surface area contributed by atoms with Gasteiger partial charge in [0.2, 0.25) is 0 Å². The molecule has 132 valence electrons. The third-order valence-corrected chi connectivity index (χ3v) is 7.01. The number of allylic oxidation sites excluding steroid dienone is 1. The van der Waals surface area contributed by atoms with Gasteiger partial charge in [-0.2, -0.15) is 0 Å². The lowest BCUT2D eigenvalue weighted by atomic mass is 9.52. The Kier molecular flexibility index (Phi) is 4.67. The third-order valence-electron chi connectivity index (χ3n) is 7.01. The average Bonchev–Trinajstić information content (AvgIpc) is 2.82. The highest BCUT2D eigenvalue weighted by atomic mass is 16.4. The van der Waals surface area contributed by atoms with Gasteiger partial charge in [0.25, 0.3) is 5.97 Å². The highest BCUT2D eigenvalue weighted by Gasteiger charge is 2.55. The van der Waals surface area contributed by atoms with E-state index in [1.165, 1.54) is 18.4 Å². The molecule has 0 bridgehead atoms. The Morgan fingerprint density at radius 3 is 2.50 bits per heavy atom. The first-order valence-electron chi connectivity index (χ1n) is 9.29. The van der Waals surface area contributed by atoms with Crippen molar-refractivity contribution in [1.29, 1.82) is 0 Å². The first-order valence-corrected chi connectivity index (χ1v) is 9.29. The second-order valence-corrected chi connectivity index (χ2v) is 8.24. The van der Waals surface area contributed by atoms with Crippen molar-refractivity contribution in [2.45, 2.75) is 65.2 Å². The summed E-state index contributed by atoms with van der Waals surface area (Å²) in [6.45, 7) is 3.32. The fourth-order valence-electron chi connectivity index (χ4n) is 5.95. The highest BCUT2D eigenvalue weighted by molar-refractivity contribution is 5.91. The Hall–Kier alpha value is -1.45. The molecule has 4 aliphatic rings. The molecule has 24 heavy (non-hydrogen) atoms. The summed E-state index contributed by atoms with van der Waals surface area (Å²) in [5.74, 6) is 2.83. The van der Waals surface area contributed by atoms with E-state index in [2.05, 4.69) is 6.92 Å². The predicted octanol–water partition coefficient (Wildman–Crippen LogP) is 3.79. The number of hydrogen-bond acceptors (Lipinski definition) is 3. The lowest BCUT2D eigenvalue weighted by Crippen LogP contribution is -2.46. The molecule has 0 radical (unpaired) electrons. The van der Waals surface area contributed by atoms with E-state index in [0.717, 1.165) is 57.3 Å². The van der Waals surface area contributed by atoms with Gasteiger partial charge in [-0.25, -0.2) is 0 Å². The van der Waals surface area contributed by atoms with E-state index >= 15 is 0 Å². The number of rotatable bonds is 0. The van der Waals surface area contributed by atoms with Gasteiger partial charge in [-0.1, -0.05) is 12.5 Å². The van der Waals surface area contributed by atoms with Gasteiger partial charge in [-0.15, -0.1) is 0 Å². The van der Waals surface area contributed by atoms with Gasteiger partial charge in [0.05, 0.1) is 0 Å². The average molecular weight is 332 g/mol. The van der Waals surface area contributed by atoms with E-state index in [4.69, 9.17) is 9.90 Å². The maximum Gasteiger partial charge on any atom is 0.300 e. The Morgan fingerprint density at radius 2 is 1.79 bits per heavy atom. The highest BCUT2D eigenvalue weighted by Crippen LogP contribution is 2.60. The van der Waals surface area contributed by atoms with Crippen molar-refractivity contribution in [2.75, 3.05) is 0 Å². The van der Waals surface area contributed by atoms with E-state index in [0.29, 0.717) is 23.4 Å². The zero-order chi connectivity index (χ0) is 17.5. The van der Waals surface area contributed by atoms with Crippen LogP contribution in [0.2, 0.25) is 0 Å². The van der Waals surface area contributed by atoms with Crippen LogP contribution in [0.25, 0.3) is 0 Å². The van der Waals surface area contributed by atoms with E-state index in [1.54, 1.807) is 0 Å². The van der Waals surface area contributed by atoms with Crippen LogP contribution >= 0.6 is 0 Å². The molecule has 4 heteroatoms. The van der Waals surface area contributed by atoms with E-state index in [9.17, 15) is 9.59 Å². The lowest BCUT2D eigenvalue weighted by Gasteiger charge is -2.52. The van der Waals surface area contributed by atoms with Crippen LogP contribution < -0.4 is 0 Å². The summed E-state index contributed by atoms with van der Waals surface area (Å²) in [7, 11) is 0. The largest absolute Gasteiger partial charge is 0.481 e. The number of carboxylic acids is 1. The van der Waals surface area contributed by atoms with Gasteiger partial charge in [0.1, 0.15) is 5.78 Å². The summed E-state index contributed by atoms with van der Waals surface area (Å²) in [5, 5.41) is 7.42. The maximum absolute atomic E-state index is 12.3. The zero-order valence-electron chi connectivity index (χ0n) is 14.7. The van der Waals surface area contributed by atoms with Crippen LogP contribution in [0.1, 0.15) is 65.2 Å². The van der Waals surface area contributed by atoms with Crippen LogP contribution in [0.3, 0.4) is 0 Å². The molecule has 0 heterocycles. The molecule has 4 unspecified atom stereocenters. The van der Waals surface area contributed by atoms with Gasteiger partial charge >= 0.3 is 0 Å². The summed E-state index contributed by atoms with van der Waals surface area (Å²) < 4.78 is 0. The molecule has 0 aromatic heterocycles.